The largest absolute Gasteiger partial charge is 0.349 e. The molecular weight excluding hydrogens is 438 g/mol. The number of benzene rings is 2. The van der Waals surface area contributed by atoms with Gasteiger partial charge in [-0.05, 0) is 62.9 Å². The van der Waals surface area contributed by atoms with Gasteiger partial charge in [0.05, 0.1) is 22.3 Å². The van der Waals surface area contributed by atoms with E-state index in [4.69, 9.17) is 0 Å². The first-order chi connectivity index (χ1) is 15.5. The van der Waals surface area contributed by atoms with E-state index in [1.807, 2.05) is 51.1 Å². The number of amides is 2. The fourth-order valence-electron chi connectivity index (χ4n) is 4.79. The van der Waals surface area contributed by atoms with Crippen molar-refractivity contribution in [2.24, 2.45) is 5.92 Å². The molecule has 1 saturated heterocycles. The van der Waals surface area contributed by atoms with Crippen molar-refractivity contribution < 1.29 is 18.0 Å². The summed E-state index contributed by atoms with van der Waals surface area (Å²) in [5.74, 6) is -0.596. The highest BCUT2D eigenvalue weighted by molar-refractivity contribution is 7.89. The van der Waals surface area contributed by atoms with Gasteiger partial charge in [-0.2, -0.15) is 4.31 Å². The van der Waals surface area contributed by atoms with Crippen LogP contribution in [0.4, 0.5) is 5.69 Å². The molecule has 0 bridgehead atoms. The molecule has 1 N–H and O–H groups in total. The van der Waals surface area contributed by atoms with E-state index < -0.39 is 21.4 Å². The van der Waals surface area contributed by atoms with Gasteiger partial charge in [-0.15, -0.1) is 0 Å². The maximum absolute atomic E-state index is 13.5. The minimum absolute atomic E-state index is 0.0608. The number of carbonyl (C=O) groups is 2. The third-order valence-corrected chi connectivity index (χ3v) is 8.75. The smallest absolute Gasteiger partial charge is 0.243 e. The zero-order valence-electron chi connectivity index (χ0n) is 19.5. The molecule has 0 spiro atoms. The summed E-state index contributed by atoms with van der Waals surface area (Å²) in [4.78, 5) is 27.2. The maximum Gasteiger partial charge on any atom is 0.243 e. The summed E-state index contributed by atoms with van der Waals surface area (Å²) >= 11 is 0. The number of anilines is 1. The number of likely N-dealkylation sites (N-methyl/N-ethyl adjacent to an activating group) is 1. The van der Waals surface area contributed by atoms with Gasteiger partial charge in [-0.1, -0.05) is 30.3 Å². The Bertz CT molecular complexity index is 1180. The fraction of sp³-hybridized carbons (Fsp3) is 0.440. The molecule has 2 aromatic carbocycles. The zero-order valence-corrected chi connectivity index (χ0v) is 20.4. The number of nitrogens with one attached hydrogen (secondary N) is 1. The Morgan fingerprint density at radius 1 is 1.15 bits per heavy atom. The summed E-state index contributed by atoms with van der Waals surface area (Å²) in [7, 11) is -2.09. The topological polar surface area (TPSA) is 86.8 Å². The molecule has 0 radical (unpaired) electrons. The Morgan fingerprint density at radius 2 is 1.85 bits per heavy atom. The lowest BCUT2D eigenvalue weighted by Crippen LogP contribution is -2.45. The van der Waals surface area contributed by atoms with Crippen LogP contribution in [0.15, 0.2) is 53.4 Å². The van der Waals surface area contributed by atoms with Crippen LogP contribution in [-0.4, -0.2) is 44.7 Å². The van der Waals surface area contributed by atoms with Crippen molar-refractivity contribution in [3.63, 3.8) is 0 Å². The molecular formula is C25H31N3O4S. The molecule has 8 heteroatoms. The normalized spacial score (nSPS) is 21.5. The Morgan fingerprint density at radius 3 is 2.55 bits per heavy atom. The van der Waals surface area contributed by atoms with Crippen LogP contribution < -0.4 is 10.2 Å². The third-order valence-electron chi connectivity index (χ3n) is 6.89. The molecule has 4 rings (SSSR count). The molecule has 0 aliphatic carbocycles. The highest BCUT2D eigenvalue weighted by Gasteiger charge is 2.43. The summed E-state index contributed by atoms with van der Waals surface area (Å²) < 4.78 is 28.3. The molecule has 2 amide bonds. The summed E-state index contributed by atoms with van der Waals surface area (Å²) in [6, 6.07) is 14.4. The molecule has 2 aliphatic heterocycles. The van der Waals surface area contributed by atoms with Crippen LogP contribution in [0.25, 0.3) is 0 Å². The third kappa shape index (κ3) is 4.17. The predicted molar refractivity (Wildman–Crippen MR) is 127 cm³/mol. The average Bonchev–Trinajstić information content (AvgIpc) is 2.99. The highest BCUT2D eigenvalue weighted by atomic mass is 32.2. The van der Waals surface area contributed by atoms with Crippen molar-refractivity contribution in [1.82, 2.24) is 9.62 Å². The van der Waals surface area contributed by atoms with Gasteiger partial charge in [-0.25, -0.2) is 8.42 Å². The number of hydrogen-bond donors (Lipinski definition) is 1. The molecule has 2 atom stereocenters. The maximum atomic E-state index is 13.5. The Labute approximate surface area is 195 Å². The molecule has 2 aromatic rings. The molecule has 176 valence electrons. The van der Waals surface area contributed by atoms with Crippen molar-refractivity contribution in [3.8, 4) is 0 Å². The van der Waals surface area contributed by atoms with Crippen molar-refractivity contribution in [1.29, 1.82) is 0 Å². The van der Waals surface area contributed by atoms with Gasteiger partial charge in [-0.3, -0.25) is 9.59 Å². The minimum Gasteiger partial charge on any atom is -0.349 e. The zero-order chi connectivity index (χ0) is 24.0. The summed E-state index contributed by atoms with van der Waals surface area (Å²) in [5.41, 5.74) is 1.66. The Kier molecular flexibility index (Phi) is 6.09. The number of nitrogens with zero attached hydrogens (tertiary/aromatic N) is 2. The summed E-state index contributed by atoms with van der Waals surface area (Å²) in [5, 5.41) is 3.03. The number of hydrogen-bond acceptors (Lipinski definition) is 4. The second-order valence-corrected chi connectivity index (χ2v) is 11.4. The van der Waals surface area contributed by atoms with Crippen LogP contribution in [0.3, 0.4) is 0 Å². The van der Waals surface area contributed by atoms with Crippen molar-refractivity contribution in [3.05, 3.63) is 59.7 Å². The van der Waals surface area contributed by atoms with E-state index in [1.54, 1.807) is 30.1 Å². The molecule has 0 unspecified atom stereocenters. The minimum atomic E-state index is -3.79. The van der Waals surface area contributed by atoms with Crippen molar-refractivity contribution in [2.75, 3.05) is 25.0 Å². The molecule has 2 aliphatic rings. The number of sulfonamides is 1. The monoisotopic (exact) mass is 469 g/mol. The molecule has 33 heavy (non-hydrogen) atoms. The second-order valence-electron chi connectivity index (χ2n) is 9.51. The number of piperidine rings is 1. The first kappa shape index (κ1) is 23.4. The van der Waals surface area contributed by atoms with Gasteiger partial charge in [0.2, 0.25) is 21.8 Å². The van der Waals surface area contributed by atoms with Gasteiger partial charge < -0.3 is 10.2 Å². The van der Waals surface area contributed by atoms with Crippen LogP contribution in [0.2, 0.25) is 0 Å². The van der Waals surface area contributed by atoms with E-state index in [0.29, 0.717) is 24.9 Å². The molecule has 2 heterocycles. The van der Waals surface area contributed by atoms with E-state index in [2.05, 4.69) is 5.32 Å². The van der Waals surface area contributed by atoms with E-state index in [1.165, 1.54) is 4.31 Å². The van der Waals surface area contributed by atoms with Crippen LogP contribution in [0.1, 0.15) is 50.8 Å². The van der Waals surface area contributed by atoms with E-state index in [0.717, 1.165) is 11.3 Å². The molecule has 1 fully saturated rings. The van der Waals surface area contributed by atoms with Gasteiger partial charge in [0.25, 0.3) is 0 Å². The van der Waals surface area contributed by atoms with Gasteiger partial charge in [0, 0.05) is 25.8 Å². The van der Waals surface area contributed by atoms with Gasteiger partial charge in [0.1, 0.15) is 0 Å². The summed E-state index contributed by atoms with van der Waals surface area (Å²) in [6.07, 6.45) is 1.27. The molecule has 0 aromatic heterocycles. The first-order valence-electron chi connectivity index (χ1n) is 11.3. The van der Waals surface area contributed by atoms with Crippen molar-refractivity contribution in [2.45, 2.75) is 50.0 Å². The first-order valence-corrected chi connectivity index (χ1v) is 12.8. The van der Waals surface area contributed by atoms with E-state index in [9.17, 15) is 18.0 Å². The lowest BCUT2D eigenvalue weighted by molar-refractivity contribution is -0.126. The van der Waals surface area contributed by atoms with Crippen LogP contribution in [0, 0.1) is 5.92 Å². The number of rotatable bonds is 5. The van der Waals surface area contributed by atoms with Crippen LogP contribution >= 0.6 is 0 Å². The van der Waals surface area contributed by atoms with E-state index in [-0.39, 0.29) is 29.3 Å². The van der Waals surface area contributed by atoms with Crippen molar-refractivity contribution >= 4 is 27.5 Å². The lowest BCUT2D eigenvalue weighted by atomic mass is 9.86. The van der Waals surface area contributed by atoms with Gasteiger partial charge in [0.15, 0.2) is 0 Å². The highest BCUT2D eigenvalue weighted by Crippen LogP contribution is 2.42. The number of carbonyl (C=O) groups excluding carboxylic acids is 2. The quantitative estimate of drug-likeness (QED) is 0.729. The SMILES string of the molecule is C[C@@H](NC(=O)[C@H]1CCCN(S(=O)(=O)c2ccc3c(c2)C(C)(C)C(=O)N3C)C1)c1ccccc1. The van der Waals surface area contributed by atoms with E-state index >= 15 is 0 Å². The standard InChI is InChI=1S/C25H31N3O4S/c1-17(18-9-6-5-7-10-18)26-23(29)19-11-8-14-28(16-19)33(31,32)20-12-13-22-21(15-20)25(2,3)24(30)27(22)4/h5-7,9-10,12-13,15,17,19H,8,11,14,16H2,1-4H3,(H,26,29)/t17-,19+/m1/s1. The summed E-state index contributed by atoms with van der Waals surface area (Å²) in [6.45, 7) is 6.07. The van der Waals surface area contributed by atoms with Gasteiger partial charge >= 0.3 is 0 Å². The predicted octanol–water partition coefficient (Wildman–Crippen LogP) is 3.22. The van der Waals surface area contributed by atoms with Crippen LogP contribution in [0.5, 0.6) is 0 Å². The fourth-order valence-corrected chi connectivity index (χ4v) is 6.34. The Hall–Kier alpha value is -2.71. The molecule has 7 nitrogen and oxygen atoms in total. The average molecular weight is 470 g/mol. The molecule has 0 saturated carbocycles. The Balaban J connectivity index is 1.52. The lowest BCUT2D eigenvalue weighted by Gasteiger charge is -2.32. The number of fused-ring (bicyclic) bond motifs is 1. The second kappa shape index (κ2) is 8.57. The van der Waals surface area contributed by atoms with Crippen LogP contribution in [-0.2, 0) is 25.0 Å².